The summed E-state index contributed by atoms with van der Waals surface area (Å²) in [7, 11) is 0. The summed E-state index contributed by atoms with van der Waals surface area (Å²) < 4.78 is 1.90. The van der Waals surface area contributed by atoms with Crippen molar-refractivity contribution in [2.45, 2.75) is 13.1 Å². The number of nitrogens with two attached hydrogens (primary N) is 1. The fraction of sp³-hybridized carbons (Fsp3) is 0.222. The minimum Gasteiger partial charge on any atom is -0.383 e. The number of para-hydroxylation sites is 1. The van der Waals surface area contributed by atoms with E-state index in [0.717, 1.165) is 48.7 Å². The fourth-order valence-corrected chi connectivity index (χ4v) is 4.72. The number of nitrogens with zero attached hydrogens (tertiary/aromatic N) is 2. The van der Waals surface area contributed by atoms with Crippen LogP contribution in [0.4, 0.5) is 5.82 Å². The van der Waals surface area contributed by atoms with E-state index in [1.54, 1.807) is 9.80 Å². The normalized spacial score (nSPS) is 18.5. The molecular weight excluding hydrogens is 394 g/mol. The van der Waals surface area contributed by atoms with Crippen molar-refractivity contribution in [1.82, 2.24) is 9.78 Å². The predicted molar refractivity (Wildman–Crippen MR) is 129 cm³/mol. The molecule has 1 aliphatic heterocycles. The molecule has 5 heteroatoms. The van der Waals surface area contributed by atoms with Gasteiger partial charge >= 0.3 is 0 Å². The molecule has 162 valence electrons. The number of hydrogen-bond acceptors (Lipinski definition) is 2. The van der Waals surface area contributed by atoms with Gasteiger partial charge in [0, 0.05) is 5.56 Å². The summed E-state index contributed by atoms with van der Waals surface area (Å²) in [4.78, 5) is 3.24. The lowest BCUT2D eigenvalue weighted by Crippen LogP contribution is -3.27. The van der Waals surface area contributed by atoms with Crippen LogP contribution in [0, 0.1) is 0 Å². The van der Waals surface area contributed by atoms with E-state index in [1.165, 1.54) is 18.7 Å². The van der Waals surface area contributed by atoms with E-state index >= 15 is 0 Å². The van der Waals surface area contributed by atoms with Crippen LogP contribution in [-0.4, -0.2) is 36.0 Å². The van der Waals surface area contributed by atoms with Gasteiger partial charge in [-0.2, -0.15) is 5.10 Å². The molecule has 0 aliphatic carbocycles. The van der Waals surface area contributed by atoms with Crippen LogP contribution in [0.1, 0.15) is 11.3 Å². The minimum atomic E-state index is 0.713. The molecule has 1 saturated heterocycles. The maximum absolute atomic E-state index is 6.67. The van der Waals surface area contributed by atoms with E-state index in [9.17, 15) is 0 Å². The molecule has 1 aromatic heterocycles. The third-order valence-corrected chi connectivity index (χ3v) is 6.44. The molecule has 0 atom stereocenters. The van der Waals surface area contributed by atoms with Crippen molar-refractivity contribution in [3.05, 3.63) is 102 Å². The van der Waals surface area contributed by atoms with Gasteiger partial charge in [0.25, 0.3) is 0 Å². The molecule has 1 fully saturated rings. The van der Waals surface area contributed by atoms with Crippen molar-refractivity contribution < 1.29 is 9.80 Å². The fourth-order valence-electron chi connectivity index (χ4n) is 4.72. The molecule has 1 aliphatic rings. The van der Waals surface area contributed by atoms with E-state index in [-0.39, 0.29) is 0 Å². The highest BCUT2D eigenvalue weighted by molar-refractivity contribution is 5.77. The van der Waals surface area contributed by atoms with Crippen molar-refractivity contribution in [2.75, 3.05) is 31.9 Å². The first-order valence-electron chi connectivity index (χ1n) is 11.5. The lowest BCUT2D eigenvalue weighted by Gasteiger charge is -2.29. The number of nitrogens with one attached hydrogen (secondary N) is 2. The molecule has 4 N–H and O–H groups in total. The zero-order valence-corrected chi connectivity index (χ0v) is 18.4. The van der Waals surface area contributed by atoms with E-state index in [0.29, 0.717) is 5.82 Å². The molecule has 5 nitrogen and oxygen atoms in total. The first kappa shape index (κ1) is 20.5. The van der Waals surface area contributed by atoms with Gasteiger partial charge in [0.15, 0.2) is 0 Å². The molecule has 0 unspecified atom stereocenters. The first-order chi connectivity index (χ1) is 15.8. The molecule has 0 amide bonds. The molecule has 0 spiro atoms. The smallest absolute Gasteiger partial charge is 0.135 e. The van der Waals surface area contributed by atoms with Crippen LogP contribution in [0.15, 0.2) is 91.0 Å². The Hall–Kier alpha value is -3.41. The third-order valence-electron chi connectivity index (χ3n) is 6.44. The Bertz CT molecular complexity index is 1130. The molecule has 0 saturated carbocycles. The maximum Gasteiger partial charge on any atom is 0.135 e. The maximum atomic E-state index is 6.67. The van der Waals surface area contributed by atoms with Gasteiger partial charge in [-0.3, -0.25) is 0 Å². The summed E-state index contributed by atoms with van der Waals surface area (Å²) in [6.45, 7) is 6.66. The first-order valence-corrected chi connectivity index (χ1v) is 11.5. The number of hydrogen-bond donors (Lipinski definition) is 3. The number of nitrogen functional groups attached to an aromatic ring is 1. The van der Waals surface area contributed by atoms with Gasteiger partial charge in [-0.05, 0) is 17.7 Å². The summed E-state index contributed by atoms with van der Waals surface area (Å²) in [5, 5.41) is 5.00. The predicted octanol–water partition coefficient (Wildman–Crippen LogP) is 1.61. The highest BCUT2D eigenvalue weighted by atomic mass is 15.3. The Morgan fingerprint density at radius 3 is 1.84 bits per heavy atom. The summed E-state index contributed by atoms with van der Waals surface area (Å²) in [6.07, 6.45) is 0. The SMILES string of the molecule is Nc1c(-c2ccccc2)c(C[NH+]2CC[NH+](Cc3ccccc3)CC2)nn1-c1ccccc1. The van der Waals surface area contributed by atoms with E-state index in [4.69, 9.17) is 10.8 Å². The quantitative estimate of drug-likeness (QED) is 0.440. The molecule has 4 aromatic rings. The van der Waals surface area contributed by atoms with Crippen molar-refractivity contribution in [1.29, 1.82) is 0 Å². The number of anilines is 1. The second-order valence-corrected chi connectivity index (χ2v) is 8.66. The summed E-state index contributed by atoms with van der Waals surface area (Å²) in [5.74, 6) is 0.713. The standard InChI is InChI=1S/C27H29N5/c28-27-26(23-12-6-2-7-13-23)25(29-32(27)24-14-8-3-9-15-24)21-31-18-16-30(17-19-31)20-22-10-4-1-5-11-22/h1-15H,16-21,28H2/p+2. The van der Waals surface area contributed by atoms with Crippen molar-refractivity contribution in [3.8, 4) is 16.8 Å². The molecule has 0 radical (unpaired) electrons. The lowest BCUT2D eigenvalue weighted by atomic mass is 10.0. The van der Waals surface area contributed by atoms with Crippen LogP contribution in [0.5, 0.6) is 0 Å². The van der Waals surface area contributed by atoms with Gasteiger partial charge in [0.2, 0.25) is 0 Å². The Labute approximate surface area is 189 Å². The monoisotopic (exact) mass is 425 g/mol. The number of quaternary nitrogens is 2. The van der Waals surface area contributed by atoms with Crippen LogP contribution in [0.3, 0.4) is 0 Å². The van der Waals surface area contributed by atoms with Gasteiger partial charge in [-0.25, -0.2) is 4.68 Å². The van der Waals surface area contributed by atoms with Gasteiger partial charge in [0.1, 0.15) is 50.8 Å². The highest BCUT2D eigenvalue weighted by Crippen LogP contribution is 2.31. The van der Waals surface area contributed by atoms with E-state index in [2.05, 4.69) is 66.7 Å². The Balaban J connectivity index is 1.35. The molecule has 0 bridgehead atoms. The van der Waals surface area contributed by atoms with Crippen LogP contribution in [-0.2, 0) is 13.1 Å². The number of rotatable bonds is 6. The Kier molecular flexibility index (Phi) is 6.01. The topological polar surface area (TPSA) is 52.7 Å². The minimum absolute atomic E-state index is 0.713. The second kappa shape index (κ2) is 9.39. The number of piperazine rings is 1. The average Bonchev–Trinajstić information content (AvgIpc) is 3.17. The summed E-state index contributed by atoms with van der Waals surface area (Å²) in [5.41, 5.74) is 12.4. The molecule has 2 heterocycles. The number of aromatic nitrogens is 2. The van der Waals surface area contributed by atoms with Gasteiger partial charge in [0.05, 0.1) is 11.3 Å². The average molecular weight is 426 g/mol. The van der Waals surface area contributed by atoms with E-state index < -0.39 is 0 Å². The highest BCUT2D eigenvalue weighted by Gasteiger charge is 2.27. The van der Waals surface area contributed by atoms with Gasteiger partial charge in [-0.15, -0.1) is 0 Å². The van der Waals surface area contributed by atoms with Crippen molar-refractivity contribution in [3.63, 3.8) is 0 Å². The largest absolute Gasteiger partial charge is 0.383 e. The molecule has 5 rings (SSSR count). The summed E-state index contributed by atoms with van der Waals surface area (Å²) in [6, 6.07) is 31.4. The third kappa shape index (κ3) is 4.44. The van der Waals surface area contributed by atoms with Crippen molar-refractivity contribution >= 4 is 5.82 Å². The second-order valence-electron chi connectivity index (χ2n) is 8.66. The summed E-state index contributed by atoms with van der Waals surface area (Å²) >= 11 is 0. The lowest BCUT2D eigenvalue weighted by molar-refractivity contribution is -1.02. The van der Waals surface area contributed by atoms with Gasteiger partial charge < -0.3 is 15.5 Å². The van der Waals surface area contributed by atoms with Gasteiger partial charge in [-0.1, -0.05) is 78.9 Å². The number of benzene rings is 3. The Morgan fingerprint density at radius 1 is 0.688 bits per heavy atom. The van der Waals surface area contributed by atoms with Crippen LogP contribution in [0.25, 0.3) is 16.8 Å². The zero-order valence-electron chi connectivity index (χ0n) is 18.4. The van der Waals surface area contributed by atoms with Crippen LogP contribution in [0.2, 0.25) is 0 Å². The Morgan fingerprint density at radius 2 is 1.22 bits per heavy atom. The zero-order chi connectivity index (χ0) is 21.8. The molecular formula is C27H31N5+2. The van der Waals surface area contributed by atoms with Crippen LogP contribution >= 0.6 is 0 Å². The molecule has 3 aromatic carbocycles. The van der Waals surface area contributed by atoms with Crippen molar-refractivity contribution in [2.24, 2.45) is 0 Å². The van der Waals surface area contributed by atoms with Crippen LogP contribution < -0.4 is 15.5 Å². The van der Waals surface area contributed by atoms with E-state index in [1.807, 2.05) is 28.9 Å². The molecule has 32 heavy (non-hydrogen) atoms.